The third-order valence-electron chi connectivity index (χ3n) is 4.69. The van der Waals surface area contributed by atoms with E-state index in [0.29, 0.717) is 6.04 Å². The maximum absolute atomic E-state index is 11.5. The fourth-order valence-electron chi connectivity index (χ4n) is 2.92. The number of carbonyl (C=O) groups is 1. The number of para-hydroxylation sites is 1. The summed E-state index contributed by atoms with van der Waals surface area (Å²) < 4.78 is 0. The Morgan fingerprint density at radius 1 is 1.19 bits per heavy atom. The number of rotatable bonds is 5. The summed E-state index contributed by atoms with van der Waals surface area (Å²) in [6, 6.07) is 10.7. The molecule has 0 aromatic heterocycles. The lowest BCUT2D eigenvalue weighted by Gasteiger charge is -2.36. The molecule has 1 aliphatic rings. The van der Waals surface area contributed by atoms with E-state index in [-0.39, 0.29) is 29.9 Å². The molecule has 7 heteroatoms. The second-order valence-electron chi connectivity index (χ2n) is 6.48. The van der Waals surface area contributed by atoms with Crippen molar-refractivity contribution in [2.75, 3.05) is 51.2 Å². The van der Waals surface area contributed by atoms with E-state index in [2.05, 4.69) is 60.3 Å². The van der Waals surface area contributed by atoms with Crippen molar-refractivity contribution < 1.29 is 4.79 Å². The molecule has 2 rings (SSSR count). The summed E-state index contributed by atoms with van der Waals surface area (Å²) in [6.07, 6.45) is 0. The van der Waals surface area contributed by atoms with Crippen molar-refractivity contribution in [1.29, 1.82) is 0 Å². The van der Waals surface area contributed by atoms with E-state index in [1.807, 2.05) is 11.0 Å². The Balaban J connectivity index is 0.00000338. The van der Waals surface area contributed by atoms with E-state index in [1.54, 1.807) is 6.92 Å². The van der Waals surface area contributed by atoms with Gasteiger partial charge in [0.05, 0.1) is 6.54 Å². The van der Waals surface area contributed by atoms with Crippen LogP contribution in [0.1, 0.15) is 20.8 Å². The summed E-state index contributed by atoms with van der Waals surface area (Å²) in [7, 11) is 2.11. The SMILES string of the molecule is CCNC(=NCC(C)N(C)c1ccccc1)N1CCN(C(C)=O)CC1.I. The number of nitrogens with zero attached hydrogens (tertiary/aromatic N) is 4. The average Bonchev–Trinajstić information content (AvgIpc) is 2.65. The molecule has 1 saturated heterocycles. The van der Waals surface area contributed by atoms with E-state index in [0.717, 1.165) is 45.2 Å². The summed E-state index contributed by atoms with van der Waals surface area (Å²) in [5.74, 6) is 1.10. The number of halogens is 1. The molecule has 0 radical (unpaired) electrons. The van der Waals surface area contributed by atoms with Gasteiger partial charge < -0.3 is 20.0 Å². The number of hydrogen-bond donors (Lipinski definition) is 1. The zero-order valence-corrected chi connectivity index (χ0v) is 18.6. The zero-order valence-electron chi connectivity index (χ0n) is 16.3. The van der Waals surface area contributed by atoms with Crippen LogP contribution in [-0.2, 0) is 4.79 Å². The molecule has 146 valence electrons. The third-order valence-corrected chi connectivity index (χ3v) is 4.69. The van der Waals surface area contributed by atoms with Crippen LogP contribution >= 0.6 is 24.0 Å². The smallest absolute Gasteiger partial charge is 0.219 e. The van der Waals surface area contributed by atoms with Gasteiger partial charge in [0, 0.05) is 58.4 Å². The first-order valence-corrected chi connectivity index (χ1v) is 9.09. The van der Waals surface area contributed by atoms with Gasteiger partial charge in [-0.3, -0.25) is 9.79 Å². The summed E-state index contributed by atoms with van der Waals surface area (Å²) in [5.41, 5.74) is 1.20. The zero-order chi connectivity index (χ0) is 18.2. The van der Waals surface area contributed by atoms with Gasteiger partial charge in [0.2, 0.25) is 5.91 Å². The minimum Gasteiger partial charge on any atom is -0.370 e. The van der Waals surface area contributed by atoms with Crippen LogP contribution in [0.15, 0.2) is 35.3 Å². The van der Waals surface area contributed by atoms with Crippen molar-refractivity contribution >= 4 is 41.5 Å². The van der Waals surface area contributed by atoms with Crippen molar-refractivity contribution in [3.05, 3.63) is 30.3 Å². The lowest BCUT2D eigenvalue weighted by atomic mass is 10.2. The molecule has 1 amide bonds. The molecule has 1 N–H and O–H groups in total. The molecule has 1 fully saturated rings. The number of hydrogen-bond acceptors (Lipinski definition) is 3. The highest BCUT2D eigenvalue weighted by atomic mass is 127. The van der Waals surface area contributed by atoms with Crippen LogP contribution in [0.25, 0.3) is 0 Å². The molecule has 1 heterocycles. The monoisotopic (exact) mass is 473 g/mol. The molecule has 1 unspecified atom stereocenters. The maximum atomic E-state index is 11.5. The first-order valence-electron chi connectivity index (χ1n) is 9.09. The highest BCUT2D eigenvalue weighted by molar-refractivity contribution is 14.0. The number of benzene rings is 1. The standard InChI is InChI=1S/C19H31N5O.HI/c1-5-20-19(24-13-11-23(12-14-24)17(3)25)21-15-16(2)22(4)18-9-7-6-8-10-18;/h6-10,16H,5,11-15H2,1-4H3,(H,20,21);1H. The number of amides is 1. The molecule has 1 aliphatic heterocycles. The second kappa shape index (κ2) is 11.3. The van der Waals surface area contributed by atoms with Crippen LogP contribution in [0.2, 0.25) is 0 Å². The van der Waals surface area contributed by atoms with Gasteiger partial charge in [0.15, 0.2) is 5.96 Å². The highest BCUT2D eigenvalue weighted by Gasteiger charge is 2.21. The molecule has 0 aliphatic carbocycles. The van der Waals surface area contributed by atoms with E-state index < -0.39 is 0 Å². The minimum absolute atomic E-state index is 0. The fourth-order valence-corrected chi connectivity index (χ4v) is 2.92. The first kappa shape index (κ1) is 22.5. The van der Waals surface area contributed by atoms with Crippen LogP contribution < -0.4 is 10.2 Å². The van der Waals surface area contributed by atoms with Gasteiger partial charge in [-0.25, -0.2) is 0 Å². The molecular weight excluding hydrogens is 441 g/mol. The Morgan fingerprint density at radius 2 is 1.77 bits per heavy atom. The van der Waals surface area contributed by atoms with E-state index in [4.69, 9.17) is 4.99 Å². The predicted octanol–water partition coefficient (Wildman–Crippen LogP) is 2.26. The van der Waals surface area contributed by atoms with E-state index in [1.165, 1.54) is 5.69 Å². The topological polar surface area (TPSA) is 51.2 Å². The number of likely N-dealkylation sites (N-methyl/N-ethyl adjacent to an activating group) is 1. The Bertz CT molecular complexity index is 573. The van der Waals surface area contributed by atoms with Crippen LogP contribution in [-0.4, -0.2) is 74.0 Å². The molecule has 26 heavy (non-hydrogen) atoms. The summed E-state index contributed by atoms with van der Waals surface area (Å²) in [5, 5.41) is 3.38. The minimum atomic E-state index is 0. The second-order valence-corrected chi connectivity index (χ2v) is 6.48. The van der Waals surface area contributed by atoms with Crippen LogP contribution in [0.5, 0.6) is 0 Å². The fraction of sp³-hybridized carbons (Fsp3) is 0.579. The quantitative estimate of drug-likeness (QED) is 0.405. The van der Waals surface area contributed by atoms with Gasteiger partial charge >= 0.3 is 0 Å². The number of aliphatic imine (C=N–C) groups is 1. The lowest BCUT2D eigenvalue weighted by molar-refractivity contribution is -0.130. The van der Waals surface area contributed by atoms with Gasteiger partial charge in [-0.15, -0.1) is 24.0 Å². The van der Waals surface area contributed by atoms with Gasteiger partial charge in [-0.05, 0) is 26.0 Å². The van der Waals surface area contributed by atoms with E-state index >= 15 is 0 Å². The normalized spacial score (nSPS) is 15.9. The summed E-state index contributed by atoms with van der Waals surface area (Å²) in [4.78, 5) is 22.7. The molecular formula is C19H32IN5O. The molecule has 0 saturated carbocycles. The lowest BCUT2D eigenvalue weighted by Crippen LogP contribution is -2.53. The Kier molecular flexibility index (Phi) is 9.75. The molecule has 1 aromatic carbocycles. The van der Waals surface area contributed by atoms with Gasteiger partial charge in [-0.1, -0.05) is 18.2 Å². The summed E-state index contributed by atoms with van der Waals surface area (Å²) >= 11 is 0. The first-order chi connectivity index (χ1) is 12.0. The van der Waals surface area contributed by atoms with E-state index in [9.17, 15) is 4.79 Å². The van der Waals surface area contributed by atoms with Crippen molar-refractivity contribution in [2.24, 2.45) is 4.99 Å². The van der Waals surface area contributed by atoms with Crippen molar-refractivity contribution in [2.45, 2.75) is 26.8 Å². The summed E-state index contributed by atoms with van der Waals surface area (Å²) in [6.45, 7) is 10.7. The number of nitrogens with one attached hydrogen (secondary N) is 1. The van der Waals surface area contributed by atoms with Crippen molar-refractivity contribution in [1.82, 2.24) is 15.1 Å². The number of carbonyl (C=O) groups excluding carboxylic acids is 1. The molecule has 1 aromatic rings. The average molecular weight is 473 g/mol. The van der Waals surface area contributed by atoms with Gasteiger partial charge in [0.1, 0.15) is 0 Å². The Hall–Kier alpha value is -1.51. The van der Waals surface area contributed by atoms with Crippen molar-refractivity contribution in [3.8, 4) is 0 Å². The molecule has 0 bridgehead atoms. The predicted molar refractivity (Wildman–Crippen MR) is 120 cm³/mol. The van der Waals surface area contributed by atoms with Crippen LogP contribution in [0.4, 0.5) is 5.69 Å². The number of piperazine rings is 1. The van der Waals surface area contributed by atoms with Crippen molar-refractivity contribution in [3.63, 3.8) is 0 Å². The molecule has 1 atom stereocenters. The number of anilines is 1. The maximum Gasteiger partial charge on any atom is 0.219 e. The molecule has 6 nitrogen and oxygen atoms in total. The third kappa shape index (κ3) is 6.34. The largest absolute Gasteiger partial charge is 0.370 e. The highest BCUT2D eigenvalue weighted by Crippen LogP contribution is 2.14. The number of guanidine groups is 1. The van der Waals surface area contributed by atoms with Gasteiger partial charge in [0.25, 0.3) is 0 Å². The Labute approximate surface area is 174 Å². The van der Waals surface area contributed by atoms with Crippen LogP contribution in [0, 0.1) is 0 Å². The molecule has 0 spiro atoms. The van der Waals surface area contributed by atoms with Crippen LogP contribution in [0.3, 0.4) is 0 Å². The Morgan fingerprint density at radius 3 is 2.31 bits per heavy atom. The van der Waals surface area contributed by atoms with Gasteiger partial charge in [-0.2, -0.15) is 0 Å².